The average Bonchev–Trinajstić information content (AvgIpc) is 2.67. The molecule has 0 bridgehead atoms. The molecule has 1 rings (SSSR count). The van der Waals surface area contributed by atoms with Gasteiger partial charge in [-0.3, -0.25) is 0 Å². The summed E-state index contributed by atoms with van der Waals surface area (Å²) in [4.78, 5) is -0.178. The van der Waals surface area contributed by atoms with Crippen LogP contribution in [0, 0.1) is 6.92 Å². The van der Waals surface area contributed by atoms with E-state index in [0.29, 0.717) is 6.73 Å². The molecule has 0 aliphatic rings. The zero-order valence-corrected chi connectivity index (χ0v) is 19.1. The maximum Gasteiger partial charge on any atom is 0.180 e. The Morgan fingerprint density at radius 2 is 1.29 bits per heavy atom. The first-order valence-corrected chi connectivity index (χ1v) is 12.1. The van der Waals surface area contributed by atoms with Gasteiger partial charge in [-0.05, 0) is 44.7 Å². The molecule has 6 heteroatoms. The first kappa shape index (κ1) is 27.0. The summed E-state index contributed by atoms with van der Waals surface area (Å²) in [7, 11) is -4.27. The molecule has 1 N–H and O–H groups in total. The number of nitrogens with zero attached hydrogens (tertiary/aromatic N) is 1. The lowest BCUT2D eigenvalue weighted by Crippen LogP contribution is -2.50. The van der Waals surface area contributed by atoms with E-state index in [-0.39, 0.29) is 4.90 Å². The quantitative estimate of drug-likeness (QED) is 0.217. The summed E-state index contributed by atoms with van der Waals surface area (Å²) in [6, 6.07) is 5.78. The van der Waals surface area contributed by atoms with E-state index < -0.39 is 10.1 Å². The van der Waals surface area contributed by atoms with E-state index in [9.17, 15) is 18.1 Å². The lowest BCUT2D eigenvalue weighted by Gasteiger charge is -2.37. The molecule has 0 fully saturated rings. The molecule has 1 aromatic rings. The third-order valence-electron chi connectivity index (χ3n) is 5.07. The fourth-order valence-electron chi connectivity index (χ4n) is 3.11. The molecular formula is C22H41NO4S. The molecule has 0 heterocycles. The SMILES string of the molecule is CCCCCC[N+](CO)(CCCC)CCCC.Cc1ccc(S(=O)(=O)[O-])cc1. The summed E-state index contributed by atoms with van der Waals surface area (Å²) in [6.45, 7) is 12.4. The molecule has 0 aliphatic carbocycles. The predicted octanol–water partition coefficient (Wildman–Crippen LogP) is 4.83. The Morgan fingerprint density at radius 1 is 0.821 bits per heavy atom. The number of hydrogen-bond donors (Lipinski definition) is 1. The van der Waals surface area contributed by atoms with Crippen LogP contribution >= 0.6 is 0 Å². The van der Waals surface area contributed by atoms with E-state index in [4.69, 9.17) is 0 Å². The van der Waals surface area contributed by atoms with Crippen molar-refractivity contribution in [3.05, 3.63) is 29.8 Å². The van der Waals surface area contributed by atoms with E-state index in [0.717, 1.165) is 10.0 Å². The van der Waals surface area contributed by atoms with Crippen LogP contribution < -0.4 is 0 Å². The van der Waals surface area contributed by atoms with Crippen LogP contribution in [0.1, 0.15) is 77.7 Å². The highest BCUT2D eigenvalue weighted by Gasteiger charge is 2.24. The second-order valence-corrected chi connectivity index (χ2v) is 9.07. The van der Waals surface area contributed by atoms with Gasteiger partial charge in [0.25, 0.3) is 0 Å². The Bertz CT molecular complexity index is 591. The van der Waals surface area contributed by atoms with Gasteiger partial charge in [0.15, 0.2) is 6.73 Å². The third kappa shape index (κ3) is 11.8. The first-order chi connectivity index (χ1) is 13.2. The average molecular weight is 416 g/mol. The number of unbranched alkanes of at least 4 members (excludes halogenated alkanes) is 5. The van der Waals surface area contributed by atoms with Gasteiger partial charge in [-0.2, -0.15) is 0 Å². The van der Waals surface area contributed by atoms with Crippen molar-refractivity contribution >= 4 is 10.1 Å². The number of benzene rings is 1. The highest BCUT2D eigenvalue weighted by atomic mass is 32.2. The van der Waals surface area contributed by atoms with Crippen LogP contribution in [-0.4, -0.2) is 48.9 Å². The van der Waals surface area contributed by atoms with Crippen LogP contribution in [0.15, 0.2) is 29.2 Å². The van der Waals surface area contributed by atoms with Crippen LogP contribution in [0.5, 0.6) is 0 Å². The van der Waals surface area contributed by atoms with E-state index >= 15 is 0 Å². The highest BCUT2D eigenvalue weighted by molar-refractivity contribution is 7.85. The molecule has 0 atom stereocenters. The van der Waals surface area contributed by atoms with Crippen LogP contribution in [0.4, 0.5) is 0 Å². The van der Waals surface area contributed by atoms with Crippen LogP contribution in [0.2, 0.25) is 0 Å². The van der Waals surface area contributed by atoms with Gasteiger partial charge in [-0.15, -0.1) is 0 Å². The summed E-state index contributed by atoms with van der Waals surface area (Å²) in [5.41, 5.74) is 0.928. The second kappa shape index (κ2) is 15.0. The minimum Gasteiger partial charge on any atom is -0.744 e. The van der Waals surface area contributed by atoms with Crippen LogP contribution in [0.3, 0.4) is 0 Å². The minimum absolute atomic E-state index is 0.178. The van der Waals surface area contributed by atoms with Gasteiger partial charge in [0.1, 0.15) is 10.1 Å². The van der Waals surface area contributed by atoms with Crippen LogP contribution in [0.25, 0.3) is 0 Å². The lowest BCUT2D eigenvalue weighted by atomic mass is 10.1. The van der Waals surface area contributed by atoms with E-state index in [1.807, 2.05) is 6.92 Å². The fourth-order valence-corrected chi connectivity index (χ4v) is 3.58. The Kier molecular flexibility index (Phi) is 14.5. The van der Waals surface area contributed by atoms with Gasteiger partial charge in [-0.1, -0.05) is 64.2 Å². The van der Waals surface area contributed by atoms with Gasteiger partial charge >= 0.3 is 0 Å². The van der Waals surface area contributed by atoms with Crippen molar-refractivity contribution in [2.24, 2.45) is 0 Å². The lowest BCUT2D eigenvalue weighted by molar-refractivity contribution is -0.945. The highest BCUT2D eigenvalue weighted by Crippen LogP contribution is 2.14. The topological polar surface area (TPSA) is 77.4 Å². The maximum absolute atomic E-state index is 10.4. The maximum atomic E-state index is 10.4. The second-order valence-electron chi connectivity index (χ2n) is 7.69. The smallest absolute Gasteiger partial charge is 0.180 e. The number of aliphatic hydroxyl groups excluding tert-OH is 1. The number of aryl methyl sites for hydroxylation is 1. The largest absolute Gasteiger partial charge is 0.744 e. The van der Waals surface area contributed by atoms with Crippen molar-refractivity contribution in [1.29, 1.82) is 0 Å². The van der Waals surface area contributed by atoms with Gasteiger partial charge < -0.3 is 14.1 Å². The molecule has 0 saturated carbocycles. The van der Waals surface area contributed by atoms with E-state index in [1.165, 1.54) is 83.1 Å². The Balaban J connectivity index is 0.000000567. The fraction of sp³-hybridized carbons (Fsp3) is 0.727. The van der Waals surface area contributed by atoms with Crippen LogP contribution in [-0.2, 0) is 10.1 Å². The zero-order chi connectivity index (χ0) is 21.5. The van der Waals surface area contributed by atoms with E-state index in [2.05, 4.69) is 20.8 Å². The van der Waals surface area contributed by atoms with Crippen molar-refractivity contribution in [1.82, 2.24) is 0 Å². The normalized spacial score (nSPS) is 11.8. The molecule has 0 aliphatic heterocycles. The molecule has 28 heavy (non-hydrogen) atoms. The molecule has 1 aromatic carbocycles. The predicted molar refractivity (Wildman–Crippen MR) is 115 cm³/mol. The van der Waals surface area contributed by atoms with Gasteiger partial charge in [0.2, 0.25) is 0 Å². The van der Waals surface area contributed by atoms with Gasteiger partial charge in [0, 0.05) is 0 Å². The number of aliphatic hydroxyl groups is 1. The molecular weight excluding hydrogens is 374 g/mol. The minimum atomic E-state index is -4.27. The number of rotatable bonds is 13. The van der Waals surface area contributed by atoms with Gasteiger partial charge in [0.05, 0.1) is 24.5 Å². The number of hydrogen-bond acceptors (Lipinski definition) is 4. The molecule has 164 valence electrons. The van der Waals surface area contributed by atoms with Gasteiger partial charge in [-0.25, -0.2) is 8.42 Å². The van der Waals surface area contributed by atoms with Crippen molar-refractivity contribution in [3.8, 4) is 0 Å². The Labute approximate surface area is 173 Å². The summed E-state index contributed by atoms with van der Waals surface area (Å²) in [6.07, 6.45) is 10.2. The monoisotopic (exact) mass is 415 g/mol. The molecule has 0 radical (unpaired) electrons. The van der Waals surface area contributed by atoms with Crippen molar-refractivity contribution < 1.29 is 22.6 Å². The summed E-state index contributed by atoms with van der Waals surface area (Å²) in [5, 5.41) is 9.76. The Hall–Kier alpha value is -0.950. The first-order valence-electron chi connectivity index (χ1n) is 10.7. The van der Waals surface area contributed by atoms with Crippen molar-refractivity contribution in [3.63, 3.8) is 0 Å². The summed E-state index contributed by atoms with van der Waals surface area (Å²) in [5.74, 6) is 0. The zero-order valence-electron chi connectivity index (χ0n) is 18.3. The molecule has 0 spiro atoms. The number of quaternary nitrogens is 1. The molecule has 0 saturated heterocycles. The molecule has 0 aromatic heterocycles. The van der Waals surface area contributed by atoms with E-state index in [1.54, 1.807) is 12.1 Å². The standard InChI is InChI=1S/C15H34NO.C7H8O3S/c1-4-7-10-11-14-16(15-17,12-8-5-2)13-9-6-3;1-6-2-4-7(5-3-6)11(8,9)10/h17H,4-15H2,1-3H3;2-5H,1H3,(H,8,9,10)/q+1;/p-1. The van der Waals surface area contributed by atoms with Crippen molar-refractivity contribution in [2.45, 2.75) is 84.0 Å². The van der Waals surface area contributed by atoms with Crippen molar-refractivity contribution in [2.75, 3.05) is 26.4 Å². The molecule has 0 unspecified atom stereocenters. The summed E-state index contributed by atoms with van der Waals surface area (Å²) < 4.78 is 32.1. The summed E-state index contributed by atoms with van der Waals surface area (Å²) >= 11 is 0. The Morgan fingerprint density at radius 3 is 1.68 bits per heavy atom. The molecule has 5 nitrogen and oxygen atoms in total. The third-order valence-corrected chi connectivity index (χ3v) is 5.92. The molecule has 0 amide bonds.